The molecule has 5 heterocycles. The standard InChI is InChI=1S/C23H20F2N8OS/c1-13-9-31(5-6-33(13)19(34)10-32-11-27-16-3-2-4-26-22(16)32)23-20(28-12-35-23)21-29-17-7-14(24)15(25)8-18(17)30-21/h2-4,7-8,11-13H,5-6,9-10H2,1H3,(H,29,30). The van der Waals surface area contributed by atoms with Crippen molar-refractivity contribution in [1.29, 1.82) is 0 Å². The molecule has 1 aromatic carbocycles. The number of fused-ring (bicyclic) bond motifs is 2. The van der Waals surface area contributed by atoms with Gasteiger partial charge >= 0.3 is 0 Å². The Balaban J connectivity index is 1.19. The molecule has 35 heavy (non-hydrogen) atoms. The van der Waals surface area contributed by atoms with Crippen LogP contribution in [0.1, 0.15) is 6.92 Å². The van der Waals surface area contributed by atoms with Crippen molar-refractivity contribution in [1.82, 2.24) is 34.4 Å². The fourth-order valence-corrected chi connectivity index (χ4v) is 5.34. The average Bonchev–Trinajstić information content (AvgIpc) is 3.58. The minimum atomic E-state index is -0.942. The van der Waals surface area contributed by atoms with Gasteiger partial charge in [-0.3, -0.25) is 4.79 Å². The van der Waals surface area contributed by atoms with E-state index in [4.69, 9.17) is 0 Å². The van der Waals surface area contributed by atoms with Gasteiger partial charge in [-0.2, -0.15) is 0 Å². The zero-order valence-electron chi connectivity index (χ0n) is 18.7. The molecule has 6 rings (SSSR count). The van der Waals surface area contributed by atoms with E-state index in [-0.39, 0.29) is 18.5 Å². The van der Waals surface area contributed by atoms with Crippen LogP contribution in [0.3, 0.4) is 0 Å². The molecule has 5 aromatic rings. The SMILES string of the molecule is CC1CN(c2scnc2-c2nc3cc(F)c(F)cc3[nH]2)CCN1C(=O)Cn1cnc2cccnc21. The molecule has 1 aliphatic heterocycles. The zero-order chi connectivity index (χ0) is 24.1. The number of rotatable bonds is 4. The van der Waals surface area contributed by atoms with E-state index in [9.17, 15) is 13.6 Å². The molecular formula is C23H20F2N8OS. The van der Waals surface area contributed by atoms with Gasteiger partial charge in [0.05, 0.1) is 22.9 Å². The molecule has 178 valence electrons. The minimum Gasteiger partial charge on any atom is -0.358 e. The maximum atomic E-state index is 13.6. The second-order valence-corrected chi connectivity index (χ2v) is 9.31. The summed E-state index contributed by atoms with van der Waals surface area (Å²) >= 11 is 1.47. The second kappa shape index (κ2) is 8.38. The molecule has 1 saturated heterocycles. The first-order chi connectivity index (χ1) is 17.0. The van der Waals surface area contributed by atoms with Crippen LogP contribution in [0.4, 0.5) is 13.8 Å². The van der Waals surface area contributed by atoms with Gasteiger partial charge in [0.25, 0.3) is 0 Å². The molecule has 0 radical (unpaired) electrons. The molecule has 12 heteroatoms. The van der Waals surface area contributed by atoms with Gasteiger partial charge in [0.2, 0.25) is 5.91 Å². The van der Waals surface area contributed by atoms with E-state index < -0.39 is 11.6 Å². The van der Waals surface area contributed by atoms with Crippen LogP contribution in [-0.2, 0) is 11.3 Å². The number of carbonyl (C=O) groups is 1. The molecule has 1 N–H and O–H groups in total. The Labute approximate surface area is 202 Å². The van der Waals surface area contributed by atoms with Crippen LogP contribution < -0.4 is 4.90 Å². The Morgan fingerprint density at radius 2 is 2.03 bits per heavy atom. The van der Waals surface area contributed by atoms with Crippen LogP contribution in [0.2, 0.25) is 0 Å². The third-order valence-corrected chi connectivity index (χ3v) is 7.10. The summed E-state index contributed by atoms with van der Waals surface area (Å²) in [6.07, 6.45) is 3.33. The van der Waals surface area contributed by atoms with Crippen LogP contribution in [0.5, 0.6) is 0 Å². The summed E-state index contributed by atoms with van der Waals surface area (Å²) in [7, 11) is 0. The molecule has 1 amide bonds. The first kappa shape index (κ1) is 21.6. The zero-order valence-corrected chi connectivity index (χ0v) is 19.5. The van der Waals surface area contributed by atoms with Crippen molar-refractivity contribution < 1.29 is 13.6 Å². The Morgan fingerprint density at radius 3 is 2.89 bits per heavy atom. The number of aromatic nitrogens is 6. The summed E-state index contributed by atoms with van der Waals surface area (Å²) in [6.45, 7) is 3.98. The first-order valence-corrected chi connectivity index (χ1v) is 11.9. The van der Waals surface area contributed by atoms with E-state index in [1.165, 1.54) is 11.3 Å². The van der Waals surface area contributed by atoms with Crippen LogP contribution >= 0.6 is 11.3 Å². The fraction of sp³-hybridized carbons (Fsp3) is 0.261. The number of H-pyrrole nitrogens is 1. The van der Waals surface area contributed by atoms with Crippen LogP contribution in [-0.4, -0.2) is 66.0 Å². The number of halogens is 2. The summed E-state index contributed by atoms with van der Waals surface area (Å²) < 4.78 is 29.0. The lowest BCUT2D eigenvalue weighted by Gasteiger charge is -2.40. The van der Waals surface area contributed by atoms with E-state index >= 15 is 0 Å². The van der Waals surface area contributed by atoms with Crippen LogP contribution in [0.15, 0.2) is 42.3 Å². The molecule has 1 atom stereocenters. The van der Waals surface area contributed by atoms with E-state index in [0.717, 1.165) is 22.7 Å². The molecule has 1 fully saturated rings. The molecule has 0 saturated carbocycles. The number of imidazole rings is 2. The summed E-state index contributed by atoms with van der Waals surface area (Å²) in [6, 6.07) is 5.82. The molecule has 0 spiro atoms. The second-order valence-electron chi connectivity index (χ2n) is 8.48. The van der Waals surface area contributed by atoms with Gasteiger partial charge in [0.1, 0.15) is 22.8 Å². The highest BCUT2D eigenvalue weighted by Crippen LogP contribution is 2.34. The lowest BCUT2D eigenvalue weighted by atomic mass is 10.2. The van der Waals surface area contributed by atoms with Crippen molar-refractivity contribution in [2.75, 3.05) is 24.5 Å². The van der Waals surface area contributed by atoms with Crippen LogP contribution in [0.25, 0.3) is 33.7 Å². The maximum Gasteiger partial charge on any atom is 0.242 e. The molecule has 0 aliphatic carbocycles. The molecule has 4 aromatic heterocycles. The first-order valence-electron chi connectivity index (χ1n) is 11.1. The van der Waals surface area contributed by atoms with E-state index in [2.05, 4.69) is 29.8 Å². The monoisotopic (exact) mass is 494 g/mol. The smallest absolute Gasteiger partial charge is 0.242 e. The van der Waals surface area contributed by atoms with Gasteiger partial charge in [-0.15, -0.1) is 11.3 Å². The number of carbonyl (C=O) groups excluding carboxylic acids is 1. The summed E-state index contributed by atoms with van der Waals surface area (Å²) in [4.78, 5) is 37.7. The number of hydrogen-bond donors (Lipinski definition) is 1. The lowest BCUT2D eigenvalue weighted by Crippen LogP contribution is -2.54. The number of nitrogens with one attached hydrogen (secondary N) is 1. The Bertz CT molecular complexity index is 1520. The predicted octanol–water partition coefficient (Wildman–Crippen LogP) is 3.45. The Morgan fingerprint density at radius 1 is 1.17 bits per heavy atom. The lowest BCUT2D eigenvalue weighted by molar-refractivity contribution is -0.134. The third-order valence-electron chi connectivity index (χ3n) is 6.21. The Kier molecular flexibility index (Phi) is 5.17. The van der Waals surface area contributed by atoms with Crippen molar-refractivity contribution in [3.05, 3.63) is 53.9 Å². The van der Waals surface area contributed by atoms with Crippen molar-refractivity contribution >= 4 is 44.4 Å². The highest BCUT2D eigenvalue weighted by atomic mass is 32.1. The van der Waals surface area contributed by atoms with Crippen LogP contribution in [0, 0.1) is 11.6 Å². The number of thiazole rings is 1. The maximum absolute atomic E-state index is 13.6. The minimum absolute atomic E-state index is 0.00738. The summed E-state index contributed by atoms with van der Waals surface area (Å²) in [5.74, 6) is -1.41. The van der Waals surface area contributed by atoms with E-state index in [1.54, 1.807) is 22.6 Å². The molecule has 9 nitrogen and oxygen atoms in total. The summed E-state index contributed by atoms with van der Waals surface area (Å²) in [5.41, 5.74) is 4.53. The largest absolute Gasteiger partial charge is 0.358 e. The fourth-order valence-electron chi connectivity index (χ4n) is 4.51. The highest BCUT2D eigenvalue weighted by Gasteiger charge is 2.30. The van der Waals surface area contributed by atoms with Gasteiger partial charge in [-0.1, -0.05) is 0 Å². The van der Waals surface area contributed by atoms with Gasteiger partial charge in [0, 0.05) is 44.0 Å². The van der Waals surface area contributed by atoms with Gasteiger partial charge < -0.3 is 19.4 Å². The average molecular weight is 495 g/mol. The molecule has 1 aliphatic rings. The molecule has 1 unspecified atom stereocenters. The quantitative estimate of drug-likeness (QED) is 0.411. The number of amides is 1. The topological polar surface area (TPSA) is 95.8 Å². The normalized spacial score (nSPS) is 16.5. The van der Waals surface area contributed by atoms with E-state index in [1.807, 2.05) is 24.0 Å². The predicted molar refractivity (Wildman–Crippen MR) is 128 cm³/mol. The number of nitrogens with zero attached hydrogens (tertiary/aromatic N) is 7. The number of aromatic amines is 1. The van der Waals surface area contributed by atoms with Crippen molar-refractivity contribution in [2.24, 2.45) is 0 Å². The van der Waals surface area contributed by atoms with Gasteiger partial charge in [-0.05, 0) is 19.1 Å². The number of benzene rings is 1. The number of piperazine rings is 1. The molecule has 0 bridgehead atoms. The Hall–Kier alpha value is -3.93. The number of anilines is 1. The van der Waals surface area contributed by atoms with Gasteiger partial charge in [0.15, 0.2) is 23.1 Å². The summed E-state index contributed by atoms with van der Waals surface area (Å²) in [5, 5.41) is 0.897. The van der Waals surface area contributed by atoms with Crippen molar-refractivity contribution in [3.63, 3.8) is 0 Å². The van der Waals surface area contributed by atoms with Crippen molar-refractivity contribution in [3.8, 4) is 11.5 Å². The molecular weight excluding hydrogens is 474 g/mol. The highest BCUT2D eigenvalue weighted by molar-refractivity contribution is 7.14. The number of hydrogen-bond acceptors (Lipinski definition) is 7. The van der Waals surface area contributed by atoms with Gasteiger partial charge in [-0.25, -0.2) is 28.7 Å². The third kappa shape index (κ3) is 3.79. The number of pyridine rings is 1. The van der Waals surface area contributed by atoms with E-state index in [0.29, 0.717) is 47.8 Å². The van der Waals surface area contributed by atoms with Crippen molar-refractivity contribution in [2.45, 2.75) is 19.5 Å².